The van der Waals surface area contributed by atoms with E-state index in [2.05, 4.69) is 4.98 Å². The van der Waals surface area contributed by atoms with Gasteiger partial charge in [0.25, 0.3) is 0 Å². The van der Waals surface area contributed by atoms with Crippen LogP contribution in [0.25, 0.3) is 11.3 Å². The van der Waals surface area contributed by atoms with Crippen molar-refractivity contribution < 1.29 is 4.39 Å². The highest BCUT2D eigenvalue weighted by molar-refractivity contribution is 5.67. The molecule has 0 bridgehead atoms. The topological polar surface area (TPSA) is 36.7 Å². The molecule has 0 atom stereocenters. The highest BCUT2D eigenvalue weighted by atomic mass is 19.1. The van der Waals surface area contributed by atoms with Crippen LogP contribution in [0, 0.1) is 17.1 Å². The van der Waals surface area contributed by atoms with Gasteiger partial charge in [0.1, 0.15) is 5.82 Å². The summed E-state index contributed by atoms with van der Waals surface area (Å²) in [6.45, 7) is 0. The summed E-state index contributed by atoms with van der Waals surface area (Å²) in [5, 5.41) is 8.86. The Labute approximate surface area is 86.6 Å². The zero-order valence-electron chi connectivity index (χ0n) is 7.81. The van der Waals surface area contributed by atoms with Gasteiger partial charge in [0.05, 0.1) is 22.9 Å². The first-order valence-electron chi connectivity index (χ1n) is 4.43. The Balaban J connectivity index is 2.68. The summed E-state index contributed by atoms with van der Waals surface area (Å²) in [6, 6.07) is 11.6. The van der Waals surface area contributed by atoms with E-state index in [1.54, 1.807) is 30.5 Å². The quantitative estimate of drug-likeness (QED) is 0.706. The van der Waals surface area contributed by atoms with Gasteiger partial charge in [0, 0.05) is 6.20 Å². The number of pyridine rings is 1. The van der Waals surface area contributed by atoms with Crippen molar-refractivity contribution in [2.24, 2.45) is 0 Å². The number of hydrogen-bond acceptors (Lipinski definition) is 2. The van der Waals surface area contributed by atoms with E-state index in [9.17, 15) is 4.39 Å². The Hall–Kier alpha value is -2.21. The molecular formula is C12H7FN2. The van der Waals surface area contributed by atoms with Crippen LogP contribution in [0.5, 0.6) is 0 Å². The van der Waals surface area contributed by atoms with Crippen molar-refractivity contribution in [3.63, 3.8) is 0 Å². The van der Waals surface area contributed by atoms with Crippen molar-refractivity contribution in [1.29, 1.82) is 5.26 Å². The molecule has 0 N–H and O–H groups in total. The molecule has 0 amide bonds. The van der Waals surface area contributed by atoms with E-state index < -0.39 is 5.82 Å². The Morgan fingerprint density at radius 3 is 2.67 bits per heavy atom. The predicted octanol–water partition coefficient (Wildman–Crippen LogP) is 2.76. The number of aromatic nitrogens is 1. The number of nitriles is 1. The molecule has 0 fully saturated rings. The molecule has 0 radical (unpaired) electrons. The minimum absolute atomic E-state index is 0.264. The second-order valence-corrected chi connectivity index (χ2v) is 2.99. The minimum atomic E-state index is -0.423. The van der Waals surface area contributed by atoms with Gasteiger partial charge in [-0.1, -0.05) is 12.1 Å². The zero-order valence-corrected chi connectivity index (χ0v) is 7.81. The van der Waals surface area contributed by atoms with E-state index in [1.165, 1.54) is 12.1 Å². The molecule has 0 aliphatic heterocycles. The highest BCUT2D eigenvalue weighted by Gasteiger charge is 2.10. The smallest absolute Gasteiger partial charge is 0.133 e. The standard InChI is InChI=1S/C12H7FN2/c13-10-5-3-4-9(8-14)12(10)11-6-1-2-7-15-11/h1-7H. The fourth-order valence-electron chi connectivity index (χ4n) is 1.39. The second kappa shape index (κ2) is 3.89. The third-order valence-corrected chi connectivity index (χ3v) is 2.06. The van der Waals surface area contributed by atoms with Crippen LogP contribution in [0.3, 0.4) is 0 Å². The summed E-state index contributed by atoms with van der Waals surface area (Å²) in [5.41, 5.74) is 1.04. The van der Waals surface area contributed by atoms with Crippen molar-refractivity contribution in [3.05, 3.63) is 54.0 Å². The van der Waals surface area contributed by atoms with Crippen molar-refractivity contribution in [1.82, 2.24) is 4.98 Å². The molecular weight excluding hydrogens is 191 g/mol. The fraction of sp³-hybridized carbons (Fsp3) is 0. The van der Waals surface area contributed by atoms with Gasteiger partial charge in [0.2, 0.25) is 0 Å². The first-order chi connectivity index (χ1) is 7.33. The van der Waals surface area contributed by atoms with Gasteiger partial charge in [-0.3, -0.25) is 4.98 Å². The number of nitrogens with zero attached hydrogens (tertiary/aromatic N) is 2. The normalized spacial score (nSPS) is 9.60. The van der Waals surface area contributed by atoms with Crippen LogP contribution >= 0.6 is 0 Å². The van der Waals surface area contributed by atoms with E-state index >= 15 is 0 Å². The van der Waals surface area contributed by atoms with E-state index in [0.717, 1.165) is 0 Å². The van der Waals surface area contributed by atoms with Crippen LogP contribution in [-0.2, 0) is 0 Å². The zero-order chi connectivity index (χ0) is 10.7. The van der Waals surface area contributed by atoms with E-state index in [1.807, 2.05) is 6.07 Å². The molecule has 1 aromatic carbocycles. The Kier molecular flexibility index (Phi) is 2.42. The highest BCUT2D eigenvalue weighted by Crippen LogP contribution is 2.24. The summed E-state index contributed by atoms with van der Waals surface area (Å²) < 4.78 is 13.5. The van der Waals surface area contributed by atoms with Crippen molar-refractivity contribution in [3.8, 4) is 17.3 Å². The fourth-order valence-corrected chi connectivity index (χ4v) is 1.39. The Morgan fingerprint density at radius 2 is 2.00 bits per heavy atom. The van der Waals surface area contributed by atoms with Crippen LogP contribution in [0.2, 0.25) is 0 Å². The number of hydrogen-bond donors (Lipinski definition) is 0. The van der Waals surface area contributed by atoms with Crippen LogP contribution < -0.4 is 0 Å². The van der Waals surface area contributed by atoms with Crippen LogP contribution in [0.15, 0.2) is 42.6 Å². The van der Waals surface area contributed by atoms with Gasteiger partial charge >= 0.3 is 0 Å². The largest absolute Gasteiger partial charge is 0.256 e. The maximum Gasteiger partial charge on any atom is 0.133 e. The first kappa shape index (κ1) is 9.35. The molecule has 0 aliphatic carbocycles. The molecule has 0 saturated carbocycles. The maximum atomic E-state index is 13.5. The number of benzene rings is 1. The van der Waals surface area contributed by atoms with Gasteiger partial charge in [-0.25, -0.2) is 4.39 Å². The maximum absolute atomic E-state index is 13.5. The van der Waals surface area contributed by atoms with E-state index in [0.29, 0.717) is 11.3 Å². The van der Waals surface area contributed by atoms with Crippen LogP contribution in [-0.4, -0.2) is 4.98 Å². The second-order valence-electron chi connectivity index (χ2n) is 2.99. The van der Waals surface area contributed by atoms with Gasteiger partial charge in [0.15, 0.2) is 0 Å². The molecule has 15 heavy (non-hydrogen) atoms. The third kappa shape index (κ3) is 1.70. The first-order valence-corrected chi connectivity index (χ1v) is 4.43. The summed E-state index contributed by atoms with van der Waals surface area (Å²) in [5.74, 6) is -0.423. The molecule has 1 aromatic heterocycles. The average molecular weight is 198 g/mol. The van der Waals surface area contributed by atoms with Crippen LogP contribution in [0.4, 0.5) is 4.39 Å². The van der Waals surface area contributed by atoms with E-state index in [-0.39, 0.29) is 5.56 Å². The lowest BCUT2D eigenvalue weighted by molar-refractivity contribution is 0.630. The van der Waals surface area contributed by atoms with Crippen LogP contribution in [0.1, 0.15) is 5.56 Å². The minimum Gasteiger partial charge on any atom is -0.256 e. The predicted molar refractivity (Wildman–Crippen MR) is 54.3 cm³/mol. The summed E-state index contributed by atoms with van der Waals surface area (Å²) >= 11 is 0. The van der Waals surface area contributed by atoms with Gasteiger partial charge in [-0.2, -0.15) is 5.26 Å². The molecule has 2 nitrogen and oxygen atoms in total. The van der Waals surface area contributed by atoms with Gasteiger partial charge < -0.3 is 0 Å². The summed E-state index contributed by atoms with van der Waals surface area (Å²) in [7, 11) is 0. The molecule has 0 spiro atoms. The molecule has 0 unspecified atom stereocenters. The lowest BCUT2D eigenvalue weighted by Crippen LogP contribution is -1.91. The number of halogens is 1. The molecule has 1 heterocycles. The monoisotopic (exact) mass is 198 g/mol. The SMILES string of the molecule is N#Cc1cccc(F)c1-c1ccccn1. The lowest BCUT2D eigenvalue weighted by Gasteiger charge is -2.03. The molecule has 72 valence electrons. The van der Waals surface area contributed by atoms with Crippen molar-refractivity contribution in [2.45, 2.75) is 0 Å². The lowest BCUT2D eigenvalue weighted by atomic mass is 10.0. The van der Waals surface area contributed by atoms with E-state index in [4.69, 9.17) is 5.26 Å². The Bertz CT molecular complexity index is 515. The molecule has 0 aliphatic rings. The van der Waals surface area contributed by atoms with Crippen molar-refractivity contribution in [2.75, 3.05) is 0 Å². The Morgan fingerprint density at radius 1 is 1.13 bits per heavy atom. The van der Waals surface area contributed by atoms with Gasteiger partial charge in [-0.05, 0) is 24.3 Å². The molecule has 2 aromatic rings. The van der Waals surface area contributed by atoms with Gasteiger partial charge in [-0.15, -0.1) is 0 Å². The third-order valence-electron chi connectivity index (χ3n) is 2.06. The molecule has 2 rings (SSSR count). The summed E-state index contributed by atoms with van der Waals surface area (Å²) in [4.78, 5) is 4.03. The summed E-state index contributed by atoms with van der Waals surface area (Å²) in [6.07, 6.45) is 1.57. The molecule has 0 saturated heterocycles. The van der Waals surface area contributed by atoms with Crippen molar-refractivity contribution >= 4 is 0 Å². The number of rotatable bonds is 1. The molecule has 3 heteroatoms. The average Bonchev–Trinajstić information content (AvgIpc) is 2.29.